The molecule has 28 heavy (non-hydrogen) atoms. The number of carbonyl (C=O) groups excluding carboxylic acids is 1. The summed E-state index contributed by atoms with van der Waals surface area (Å²) < 4.78 is 2.31. The normalized spacial score (nSPS) is 11.1. The molecule has 1 aromatic heterocycles. The first-order valence-corrected chi connectivity index (χ1v) is 9.85. The van der Waals surface area contributed by atoms with E-state index >= 15 is 0 Å². The van der Waals surface area contributed by atoms with Gasteiger partial charge in [0, 0.05) is 40.6 Å². The van der Waals surface area contributed by atoms with Crippen LogP contribution >= 0.6 is 23.2 Å². The van der Waals surface area contributed by atoms with Gasteiger partial charge in [-0.1, -0.05) is 59.6 Å². The van der Waals surface area contributed by atoms with E-state index in [1.54, 1.807) is 18.2 Å². The van der Waals surface area contributed by atoms with Crippen LogP contribution < -0.4 is 10.6 Å². The summed E-state index contributed by atoms with van der Waals surface area (Å²) in [6.45, 7) is 1.38. The van der Waals surface area contributed by atoms with Gasteiger partial charge in [-0.15, -0.1) is 0 Å². The fourth-order valence-electron chi connectivity index (χ4n) is 3.43. The molecule has 2 amide bonds. The first kappa shape index (κ1) is 18.7. The summed E-state index contributed by atoms with van der Waals surface area (Å²) in [6.07, 6.45) is 0.817. The third kappa shape index (κ3) is 3.79. The smallest absolute Gasteiger partial charge is 0.319 e. The van der Waals surface area contributed by atoms with Crippen molar-refractivity contribution in [3.8, 4) is 0 Å². The molecule has 0 aliphatic heterocycles. The summed E-state index contributed by atoms with van der Waals surface area (Å²) >= 11 is 11.9. The van der Waals surface area contributed by atoms with Crippen molar-refractivity contribution in [2.24, 2.45) is 0 Å². The largest absolute Gasteiger partial charge is 0.340 e. The molecule has 6 heteroatoms. The van der Waals surface area contributed by atoms with Crippen molar-refractivity contribution in [2.45, 2.75) is 13.0 Å². The lowest BCUT2D eigenvalue weighted by Crippen LogP contribution is -2.30. The Morgan fingerprint density at radius 2 is 1.50 bits per heavy atom. The zero-order valence-corrected chi connectivity index (χ0v) is 16.6. The molecule has 0 aliphatic carbocycles. The second kappa shape index (κ2) is 8.13. The van der Waals surface area contributed by atoms with Gasteiger partial charge in [-0.2, -0.15) is 0 Å². The van der Waals surface area contributed by atoms with Gasteiger partial charge in [0.15, 0.2) is 0 Å². The summed E-state index contributed by atoms with van der Waals surface area (Å²) in [5.41, 5.74) is 3.03. The van der Waals surface area contributed by atoms with E-state index in [4.69, 9.17) is 23.2 Å². The van der Waals surface area contributed by atoms with Gasteiger partial charge in [-0.25, -0.2) is 4.79 Å². The Hall–Kier alpha value is -2.69. The van der Waals surface area contributed by atoms with Crippen LogP contribution in [0.25, 0.3) is 21.8 Å². The van der Waals surface area contributed by atoms with Crippen LogP contribution in [0.15, 0.2) is 66.7 Å². The number of fused-ring (bicyclic) bond motifs is 3. The minimum Gasteiger partial charge on any atom is -0.340 e. The van der Waals surface area contributed by atoms with Gasteiger partial charge in [-0.3, -0.25) is 0 Å². The van der Waals surface area contributed by atoms with Gasteiger partial charge in [0.05, 0.1) is 10.0 Å². The molecule has 4 rings (SSSR count). The van der Waals surface area contributed by atoms with Gasteiger partial charge < -0.3 is 15.2 Å². The molecule has 0 spiro atoms. The van der Waals surface area contributed by atoms with E-state index in [0.717, 1.165) is 13.0 Å². The molecule has 142 valence electrons. The second-order valence-corrected chi connectivity index (χ2v) is 7.36. The van der Waals surface area contributed by atoms with E-state index < -0.39 is 0 Å². The van der Waals surface area contributed by atoms with Crippen molar-refractivity contribution in [3.05, 3.63) is 76.8 Å². The number of amides is 2. The third-order valence-corrected chi connectivity index (χ3v) is 5.44. The summed E-state index contributed by atoms with van der Waals surface area (Å²) in [5.74, 6) is 0. The molecule has 0 radical (unpaired) electrons. The van der Waals surface area contributed by atoms with Crippen LogP contribution in [-0.2, 0) is 6.54 Å². The van der Waals surface area contributed by atoms with Crippen molar-refractivity contribution >= 4 is 56.7 Å². The molecule has 2 N–H and O–H groups in total. The Bertz CT molecular complexity index is 1100. The quantitative estimate of drug-likeness (QED) is 0.371. The molecule has 0 atom stereocenters. The maximum absolute atomic E-state index is 12.1. The molecule has 3 aromatic carbocycles. The predicted molar refractivity (Wildman–Crippen MR) is 118 cm³/mol. The Morgan fingerprint density at radius 3 is 2.14 bits per heavy atom. The first-order chi connectivity index (χ1) is 13.6. The maximum atomic E-state index is 12.1. The number of carbonyl (C=O) groups is 1. The van der Waals surface area contributed by atoms with Crippen molar-refractivity contribution in [2.75, 3.05) is 11.9 Å². The summed E-state index contributed by atoms with van der Waals surface area (Å²) in [5, 5.41) is 9.02. The molecule has 4 aromatic rings. The lowest BCUT2D eigenvalue weighted by molar-refractivity contribution is 0.252. The molecule has 1 heterocycles. The van der Waals surface area contributed by atoms with E-state index in [1.165, 1.54) is 21.8 Å². The molecular formula is C22H19Cl2N3O. The standard InChI is InChI=1S/C22H19Cl2N3O/c23-18-11-10-15(14-19(18)24)26-22(28)25-12-5-13-27-20-8-3-1-6-16(20)17-7-2-4-9-21(17)27/h1-4,6-11,14H,5,12-13H2,(H2,25,26,28). The van der Waals surface area contributed by atoms with Crippen LogP contribution in [0.4, 0.5) is 10.5 Å². The second-order valence-electron chi connectivity index (χ2n) is 6.55. The topological polar surface area (TPSA) is 46.1 Å². The van der Waals surface area contributed by atoms with Crippen LogP contribution in [-0.4, -0.2) is 17.1 Å². The van der Waals surface area contributed by atoms with E-state index in [2.05, 4.69) is 63.7 Å². The number of nitrogens with zero attached hydrogens (tertiary/aromatic N) is 1. The summed E-state index contributed by atoms with van der Waals surface area (Å²) in [6, 6.07) is 21.5. The number of aromatic nitrogens is 1. The maximum Gasteiger partial charge on any atom is 0.319 e. The number of urea groups is 1. The zero-order valence-electron chi connectivity index (χ0n) is 15.1. The number of benzene rings is 3. The summed E-state index contributed by atoms with van der Waals surface area (Å²) in [7, 11) is 0. The lowest BCUT2D eigenvalue weighted by atomic mass is 10.2. The molecule has 0 unspecified atom stereocenters. The Balaban J connectivity index is 1.39. The number of nitrogens with one attached hydrogen (secondary N) is 2. The highest BCUT2D eigenvalue weighted by Gasteiger charge is 2.09. The van der Waals surface area contributed by atoms with Gasteiger partial charge >= 0.3 is 6.03 Å². The van der Waals surface area contributed by atoms with Gasteiger partial charge in [0.2, 0.25) is 0 Å². The molecule has 0 saturated carbocycles. The van der Waals surface area contributed by atoms with Crippen molar-refractivity contribution < 1.29 is 4.79 Å². The number of anilines is 1. The predicted octanol–water partition coefficient (Wildman–Crippen LogP) is 6.31. The minimum absolute atomic E-state index is 0.263. The van der Waals surface area contributed by atoms with Crippen molar-refractivity contribution in [1.82, 2.24) is 9.88 Å². The summed E-state index contributed by atoms with van der Waals surface area (Å²) in [4.78, 5) is 12.1. The number of hydrogen-bond acceptors (Lipinski definition) is 1. The molecule has 0 aliphatic rings. The third-order valence-electron chi connectivity index (χ3n) is 4.70. The molecular weight excluding hydrogens is 393 g/mol. The van der Waals surface area contributed by atoms with Crippen LogP contribution in [0.2, 0.25) is 10.0 Å². The highest BCUT2D eigenvalue weighted by Crippen LogP contribution is 2.28. The SMILES string of the molecule is O=C(NCCCn1c2ccccc2c2ccccc21)Nc1ccc(Cl)c(Cl)c1. The highest BCUT2D eigenvalue weighted by atomic mass is 35.5. The van der Waals surface area contributed by atoms with Gasteiger partial charge in [-0.05, 0) is 36.8 Å². The fraction of sp³-hybridized carbons (Fsp3) is 0.136. The molecule has 0 fully saturated rings. The number of para-hydroxylation sites is 2. The number of halogens is 2. The average molecular weight is 412 g/mol. The molecule has 0 bridgehead atoms. The Labute approximate surface area is 173 Å². The van der Waals surface area contributed by atoms with E-state index in [-0.39, 0.29) is 6.03 Å². The molecule has 4 nitrogen and oxygen atoms in total. The van der Waals surface area contributed by atoms with E-state index in [1.807, 2.05) is 0 Å². The first-order valence-electron chi connectivity index (χ1n) is 9.09. The number of rotatable bonds is 5. The monoisotopic (exact) mass is 411 g/mol. The fourth-order valence-corrected chi connectivity index (χ4v) is 3.73. The van der Waals surface area contributed by atoms with Crippen LogP contribution in [0.3, 0.4) is 0 Å². The van der Waals surface area contributed by atoms with Crippen LogP contribution in [0.5, 0.6) is 0 Å². The van der Waals surface area contributed by atoms with E-state index in [0.29, 0.717) is 22.3 Å². The lowest BCUT2D eigenvalue weighted by Gasteiger charge is -2.10. The average Bonchev–Trinajstić information content (AvgIpc) is 3.02. The van der Waals surface area contributed by atoms with Crippen LogP contribution in [0, 0.1) is 0 Å². The van der Waals surface area contributed by atoms with Gasteiger partial charge in [0.25, 0.3) is 0 Å². The van der Waals surface area contributed by atoms with Gasteiger partial charge in [0.1, 0.15) is 0 Å². The zero-order chi connectivity index (χ0) is 19.5. The van der Waals surface area contributed by atoms with Crippen molar-refractivity contribution in [1.29, 1.82) is 0 Å². The van der Waals surface area contributed by atoms with E-state index in [9.17, 15) is 4.79 Å². The van der Waals surface area contributed by atoms with Crippen LogP contribution in [0.1, 0.15) is 6.42 Å². The number of aryl methyl sites for hydroxylation is 1. The molecule has 0 saturated heterocycles. The number of hydrogen-bond donors (Lipinski definition) is 2. The minimum atomic E-state index is -0.263. The highest BCUT2D eigenvalue weighted by molar-refractivity contribution is 6.42. The Kier molecular flexibility index (Phi) is 5.42. The van der Waals surface area contributed by atoms with Crippen molar-refractivity contribution in [3.63, 3.8) is 0 Å². The Morgan fingerprint density at radius 1 is 0.857 bits per heavy atom.